The minimum atomic E-state index is 0.270. The number of fused-ring (bicyclic) bond motifs is 1. The third-order valence-electron chi connectivity index (χ3n) is 1.95. The van der Waals surface area contributed by atoms with Gasteiger partial charge in [-0.25, -0.2) is 4.98 Å². The van der Waals surface area contributed by atoms with Crippen LogP contribution in [-0.4, -0.2) is 11.6 Å². The van der Waals surface area contributed by atoms with Crippen LogP contribution in [0.3, 0.4) is 0 Å². The van der Waals surface area contributed by atoms with Crippen LogP contribution in [0.1, 0.15) is 0 Å². The summed E-state index contributed by atoms with van der Waals surface area (Å²) in [5, 5.41) is 1.47. The van der Waals surface area contributed by atoms with E-state index in [4.69, 9.17) is 22.8 Å². The maximum Gasteiger partial charge on any atom is 0.148 e. The molecule has 3 heteroatoms. The summed E-state index contributed by atoms with van der Waals surface area (Å²) >= 11 is 5.77. The van der Waals surface area contributed by atoms with E-state index >= 15 is 0 Å². The number of hydrogen-bond acceptors (Lipinski definition) is 2. The molecule has 1 aromatic heterocycles. The van der Waals surface area contributed by atoms with Gasteiger partial charge in [-0.05, 0) is 30.3 Å². The molecule has 0 aliphatic rings. The van der Waals surface area contributed by atoms with Crippen LogP contribution in [0.4, 0.5) is 0 Å². The van der Waals surface area contributed by atoms with Crippen molar-refractivity contribution in [3.63, 3.8) is 0 Å². The summed E-state index contributed by atoms with van der Waals surface area (Å²) in [7, 11) is 0. The first-order valence-corrected chi connectivity index (χ1v) is 4.80. The lowest BCUT2D eigenvalue weighted by atomic mass is 10.2. The molecule has 74 valence electrons. The van der Waals surface area contributed by atoms with Crippen molar-refractivity contribution in [2.24, 2.45) is 0 Å². The SMILES string of the molecule is C#CCOc1ccc2nc(Cl)ccc2c1. The first-order chi connectivity index (χ1) is 7.29. The van der Waals surface area contributed by atoms with Gasteiger partial charge < -0.3 is 4.74 Å². The molecule has 0 fully saturated rings. The molecule has 0 aliphatic carbocycles. The van der Waals surface area contributed by atoms with Gasteiger partial charge in [-0.15, -0.1) is 6.42 Å². The summed E-state index contributed by atoms with van der Waals surface area (Å²) in [6.45, 7) is 0.270. The first kappa shape index (κ1) is 9.82. The van der Waals surface area contributed by atoms with Crippen molar-refractivity contribution in [3.05, 3.63) is 35.5 Å². The van der Waals surface area contributed by atoms with Crippen molar-refractivity contribution in [2.45, 2.75) is 0 Å². The highest BCUT2D eigenvalue weighted by atomic mass is 35.5. The molecule has 2 nitrogen and oxygen atoms in total. The highest BCUT2D eigenvalue weighted by molar-refractivity contribution is 6.29. The fourth-order valence-electron chi connectivity index (χ4n) is 1.29. The average molecular weight is 218 g/mol. The summed E-state index contributed by atoms with van der Waals surface area (Å²) in [4.78, 5) is 4.17. The highest BCUT2D eigenvalue weighted by Gasteiger charge is 1.98. The van der Waals surface area contributed by atoms with Gasteiger partial charge in [-0.2, -0.15) is 0 Å². The molecule has 0 bridgehead atoms. The van der Waals surface area contributed by atoms with Crippen LogP contribution in [0.5, 0.6) is 5.75 Å². The summed E-state index contributed by atoms with van der Waals surface area (Å²) < 4.78 is 5.30. The van der Waals surface area contributed by atoms with Gasteiger partial charge in [0.2, 0.25) is 0 Å². The lowest BCUT2D eigenvalue weighted by Gasteiger charge is -2.03. The van der Waals surface area contributed by atoms with Crippen molar-refractivity contribution in [1.82, 2.24) is 4.98 Å². The second-order valence-corrected chi connectivity index (χ2v) is 3.37. The number of rotatable bonds is 2. The van der Waals surface area contributed by atoms with Crippen LogP contribution < -0.4 is 4.74 Å². The van der Waals surface area contributed by atoms with Gasteiger partial charge in [0.05, 0.1) is 5.52 Å². The van der Waals surface area contributed by atoms with E-state index in [2.05, 4.69) is 10.9 Å². The number of nitrogens with zero attached hydrogens (tertiary/aromatic N) is 1. The Morgan fingerprint density at radius 1 is 1.33 bits per heavy atom. The van der Waals surface area contributed by atoms with Crippen LogP contribution in [0, 0.1) is 12.3 Å². The molecular formula is C12H8ClNO. The standard InChI is InChI=1S/C12H8ClNO/c1-2-7-15-10-4-5-11-9(8-10)3-6-12(13)14-11/h1,3-6,8H,7H2. The van der Waals surface area contributed by atoms with Crippen LogP contribution in [-0.2, 0) is 0 Å². The summed E-state index contributed by atoms with van der Waals surface area (Å²) in [6.07, 6.45) is 5.10. The molecule has 0 N–H and O–H groups in total. The largest absolute Gasteiger partial charge is 0.481 e. The third kappa shape index (κ3) is 2.20. The molecule has 2 aromatic rings. The number of ether oxygens (including phenoxy) is 1. The van der Waals surface area contributed by atoms with Crippen LogP contribution >= 0.6 is 11.6 Å². The predicted octanol–water partition coefficient (Wildman–Crippen LogP) is 2.90. The number of aromatic nitrogens is 1. The molecule has 0 aliphatic heterocycles. The van der Waals surface area contributed by atoms with Crippen molar-refractivity contribution >= 4 is 22.5 Å². The Labute approximate surface area is 92.8 Å². The van der Waals surface area contributed by atoms with Crippen molar-refractivity contribution in [1.29, 1.82) is 0 Å². The predicted molar refractivity (Wildman–Crippen MR) is 61.1 cm³/mol. The molecule has 0 radical (unpaired) electrons. The van der Waals surface area contributed by atoms with E-state index in [1.807, 2.05) is 24.3 Å². The first-order valence-electron chi connectivity index (χ1n) is 4.42. The normalized spacial score (nSPS) is 9.87. The maximum atomic E-state index is 5.77. The molecule has 0 spiro atoms. The van der Waals surface area contributed by atoms with E-state index in [1.165, 1.54) is 0 Å². The highest BCUT2D eigenvalue weighted by Crippen LogP contribution is 2.20. The van der Waals surface area contributed by atoms with Crippen LogP contribution in [0.25, 0.3) is 10.9 Å². The number of terminal acetylenes is 1. The van der Waals surface area contributed by atoms with Gasteiger partial charge in [0, 0.05) is 5.39 Å². The monoisotopic (exact) mass is 217 g/mol. The van der Waals surface area contributed by atoms with E-state index in [9.17, 15) is 0 Å². The zero-order valence-electron chi connectivity index (χ0n) is 7.90. The van der Waals surface area contributed by atoms with Crippen LogP contribution in [0.15, 0.2) is 30.3 Å². The Bertz CT molecular complexity index is 531. The smallest absolute Gasteiger partial charge is 0.148 e. The fraction of sp³-hybridized carbons (Fsp3) is 0.0833. The Morgan fingerprint density at radius 3 is 3.00 bits per heavy atom. The molecule has 0 atom stereocenters. The zero-order chi connectivity index (χ0) is 10.7. The molecule has 0 amide bonds. The fourth-order valence-corrected chi connectivity index (χ4v) is 1.45. The maximum absolute atomic E-state index is 5.77. The van der Waals surface area contributed by atoms with Crippen molar-refractivity contribution in [2.75, 3.05) is 6.61 Å². The minimum Gasteiger partial charge on any atom is -0.481 e. The number of hydrogen-bond donors (Lipinski definition) is 0. The van der Waals surface area contributed by atoms with Gasteiger partial charge in [0.1, 0.15) is 17.5 Å². The number of benzene rings is 1. The lowest BCUT2D eigenvalue weighted by molar-refractivity contribution is 0.371. The minimum absolute atomic E-state index is 0.270. The van der Waals surface area contributed by atoms with Crippen LogP contribution in [0.2, 0.25) is 5.15 Å². The van der Waals surface area contributed by atoms with E-state index in [0.717, 1.165) is 16.7 Å². The molecular weight excluding hydrogens is 210 g/mol. The Morgan fingerprint density at radius 2 is 2.20 bits per heavy atom. The molecule has 2 rings (SSSR count). The quantitative estimate of drug-likeness (QED) is 0.570. The second-order valence-electron chi connectivity index (χ2n) is 2.98. The third-order valence-corrected chi connectivity index (χ3v) is 2.16. The van der Waals surface area contributed by atoms with Crippen molar-refractivity contribution < 1.29 is 4.74 Å². The Kier molecular flexibility index (Phi) is 2.75. The second kappa shape index (κ2) is 4.20. The lowest BCUT2D eigenvalue weighted by Crippen LogP contribution is -1.93. The molecule has 0 unspecified atom stereocenters. The average Bonchev–Trinajstić information content (AvgIpc) is 2.26. The van der Waals surface area contributed by atoms with E-state index in [0.29, 0.717) is 5.15 Å². The Hall–Kier alpha value is -1.72. The molecule has 1 heterocycles. The summed E-state index contributed by atoms with van der Waals surface area (Å²) in [6, 6.07) is 9.20. The van der Waals surface area contributed by atoms with E-state index < -0.39 is 0 Å². The van der Waals surface area contributed by atoms with Gasteiger partial charge in [-0.3, -0.25) is 0 Å². The zero-order valence-corrected chi connectivity index (χ0v) is 8.66. The summed E-state index contributed by atoms with van der Waals surface area (Å²) in [5.41, 5.74) is 0.843. The number of pyridine rings is 1. The summed E-state index contributed by atoms with van der Waals surface area (Å²) in [5.74, 6) is 3.15. The van der Waals surface area contributed by atoms with Gasteiger partial charge in [0.25, 0.3) is 0 Å². The molecule has 0 saturated carbocycles. The topological polar surface area (TPSA) is 22.1 Å². The molecule has 1 aromatic carbocycles. The molecule has 15 heavy (non-hydrogen) atoms. The van der Waals surface area contributed by atoms with E-state index in [1.54, 1.807) is 6.07 Å². The van der Waals surface area contributed by atoms with Gasteiger partial charge >= 0.3 is 0 Å². The molecule has 0 saturated heterocycles. The number of halogens is 1. The van der Waals surface area contributed by atoms with Crippen molar-refractivity contribution in [3.8, 4) is 18.1 Å². The van der Waals surface area contributed by atoms with Gasteiger partial charge in [0.15, 0.2) is 0 Å². The Balaban J connectivity index is 2.40. The van der Waals surface area contributed by atoms with E-state index in [-0.39, 0.29) is 6.61 Å². The van der Waals surface area contributed by atoms with Gasteiger partial charge in [-0.1, -0.05) is 17.5 Å².